The van der Waals surface area contributed by atoms with Gasteiger partial charge in [0, 0.05) is 35.1 Å². The molecule has 1 heterocycles. The number of ether oxygens (including phenoxy) is 1. The number of rotatable bonds is 3. The minimum Gasteiger partial charge on any atom is -0.377 e. The van der Waals surface area contributed by atoms with E-state index < -0.39 is 0 Å². The lowest BCUT2D eigenvalue weighted by atomic mass is 9.54. The van der Waals surface area contributed by atoms with Gasteiger partial charge in [0.25, 0.3) is 11.6 Å². The van der Waals surface area contributed by atoms with Crippen LogP contribution in [-0.4, -0.2) is 29.6 Å². The zero-order valence-corrected chi connectivity index (χ0v) is 15.6. The van der Waals surface area contributed by atoms with E-state index in [1.165, 1.54) is 12.8 Å². The Bertz CT molecular complexity index is 783. The van der Waals surface area contributed by atoms with E-state index >= 15 is 0 Å². The van der Waals surface area contributed by atoms with E-state index in [0.29, 0.717) is 22.6 Å². The van der Waals surface area contributed by atoms with Crippen LogP contribution in [0.2, 0.25) is 0 Å². The average molecular weight is 358 g/mol. The predicted octanol–water partition coefficient (Wildman–Crippen LogP) is 3.60. The van der Waals surface area contributed by atoms with Gasteiger partial charge < -0.3 is 10.1 Å². The van der Waals surface area contributed by atoms with Gasteiger partial charge >= 0.3 is 0 Å². The summed E-state index contributed by atoms with van der Waals surface area (Å²) in [6.07, 6.45) is 5.85. The molecule has 0 aromatic heterocycles. The number of nitro benzene ring substituents is 1. The molecular formula is C20H26N2O4. The molecule has 3 unspecified atom stereocenters. The molecule has 1 aromatic carbocycles. The van der Waals surface area contributed by atoms with Crippen molar-refractivity contribution in [2.75, 3.05) is 6.61 Å². The Hall–Kier alpha value is -1.95. The van der Waals surface area contributed by atoms with Crippen molar-refractivity contribution < 1.29 is 14.5 Å². The second-order valence-corrected chi connectivity index (χ2v) is 8.25. The van der Waals surface area contributed by atoms with Crippen LogP contribution in [0.5, 0.6) is 0 Å². The van der Waals surface area contributed by atoms with Gasteiger partial charge in [-0.25, -0.2) is 0 Å². The highest BCUT2D eigenvalue weighted by atomic mass is 16.6. The molecule has 1 saturated heterocycles. The minimum atomic E-state index is -0.385. The Labute approximate surface area is 153 Å². The molecule has 1 spiro atoms. The highest BCUT2D eigenvalue weighted by Crippen LogP contribution is 2.60. The van der Waals surface area contributed by atoms with E-state index in [4.69, 9.17) is 4.74 Å². The fourth-order valence-corrected chi connectivity index (χ4v) is 5.92. The summed E-state index contributed by atoms with van der Waals surface area (Å²) in [5, 5.41) is 14.7. The topological polar surface area (TPSA) is 81.5 Å². The van der Waals surface area contributed by atoms with Crippen LogP contribution in [0.4, 0.5) is 5.69 Å². The van der Waals surface area contributed by atoms with Crippen molar-refractivity contribution >= 4 is 11.6 Å². The molecule has 0 bridgehead atoms. The summed E-state index contributed by atoms with van der Waals surface area (Å²) in [6.45, 7) is 6.03. The monoisotopic (exact) mass is 358 g/mol. The molecule has 140 valence electrons. The lowest BCUT2D eigenvalue weighted by molar-refractivity contribution is -0.386. The van der Waals surface area contributed by atoms with Crippen molar-refractivity contribution in [3.63, 3.8) is 0 Å². The maximum absolute atomic E-state index is 13.1. The summed E-state index contributed by atoms with van der Waals surface area (Å²) < 4.78 is 5.98. The van der Waals surface area contributed by atoms with Gasteiger partial charge in [-0.2, -0.15) is 0 Å². The predicted molar refractivity (Wildman–Crippen MR) is 97.3 cm³/mol. The minimum absolute atomic E-state index is 0.0482. The summed E-state index contributed by atoms with van der Waals surface area (Å²) >= 11 is 0. The van der Waals surface area contributed by atoms with Gasteiger partial charge in [-0.15, -0.1) is 0 Å². The van der Waals surface area contributed by atoms with Crippen molar-refractivity contribution in [3.05, 3.63) is 38.4 Å². The summed E-state index contributed by atoms with van der Waals surface area (Å²) in [5.74, 6) is 0.211. The number of carbonyl (C=O) groups is 1. The summed E-state index contributed by atoms with van der Waals surface area (Å²) in [5.41, 5.74) is 2.44. The van der Waals surface area contributed by atoms with Crippen LogP contribution in [-0.2, 0) is 4.74 Å². The van der Waals surface area contributed by atoms with E-state index in [1.807, 2.05) is 6.92 Å². The van der Waals surface area contributed by atoms with Crippen molar-refractivity contribution in [1.82, 2.24) is 5.32 Å². The van der Waals surface area contributed by atoms with Crippen LogP contribution in [0.1, 0.15) is 59.2 Å². The Morgan fingerprint density at radius 1 is 1.27 bits per heavy atom. The quantitative estimate of drug-likeness (QED) is 0.661. The lowest BCUT2D eigenvalue weighted by Gasteiger charge is -2.56. The standard InChI is InChI=1S/C20H26N2O4/c1-11-10-12(2)16(22(24)25)13(3)15(11)19(23)21-17-14-6-9-26-18(14)20(17)7-4-5-8-20/h10,14,17-18H,4-9H2,1-3H3,(H,21,23). The Kier molecular flexibility index (Phi) is 4.06. The van der Waals surface area contributed by atoms with Gasteiger partial charge in [0.05, 0.1) is 16.6 Å². The van der Waals surface area contributed by atoms with Crippen molar-refractivity contribution in [2.24, 2.45) is 11.3 Å². The first-order valence-corrected chi connectivity index (χ1v) is 9.54. The van der Waals surface area contributed by atoms with Crippen LogP contribution in [0.3, 0.4) is 0 Å². The Morgan fingerprint density at radius 3 is 2.62 bits per heavy atom. The first-order chi connectivity index (χ1) is 12.4. The van der Waals surface area contributed by atoms with E-state index in [-0.39, 0.29) is 34.1 Å². The molecule has 2 saturated carbocycles. The molecule has 26 heavy (non-hydrogen) atoms. The van der Waals surface area contributed by atoms with Gasteiger partial charge in [-0.3, -0.25) is 14.9 Å². The zero-order valence-electron chi connectivity index (χ0n) is 15.6. The second-order valence-electron chi connectivity index (χ2n) is 8.25. The number of hydrogen-bond acceptors (Lipinski definition) is 4. The number of nitrogens with one attached hydrogen (secondary N) is 1. The summed E-state index contributed by atoms with van der Waals surface area (Å²) in [4.78, 5) is 24.2. The third-order valence-corrected chi connectivity index (χ3v) is 6.91. The van der Waals surface area contributed by atoms with E-state index in [2.05, 4.69) is 5.32 Å². The average Bonchev–Trinajstić information content (AvgIpc) is 3.20. The third-order valence-electron chi connectivity index (χ3n) is 6.91. The largest absolute Gasteiger partial charge is 0.377 e. The van der Waals surface area contributed by atoms with Crippen molar-refractivity contribution in [3.8, 4) is 0 Å². The van der Waals surface area contributed by atoms with Crippen LogP contribution in [0.15, 0.2) is 6.07 Å². The maximum Gasteiger partial charge on any atom is 0.275 e. The molecule has 3 fully saturated rings. The Morgan fingerprint density at radius 2 is 1.96 bits per heavy atom. The van der Waals surface area contributed by atoms with Crippen molar-refractivity contribution in [1.29, 1.82) is 0 Å². The van der Waals surface area contributed by atoms with Crippen LogP contribution < -0.4 is 5.32 Å². The van der Waals surface area contributed by atoms with Crippen LogP contribution >= 0.6 is 0 Å². The fraction of sp³-hybridized carbons (Fsp3) is 0.650. The Balaban J connectivity index is 1.65. The normalized spacial score (nSPS) is 28.7. The molecule has 4 rings (SSSR count). The van der Waals surface area contributed by atoms with Gasteiger partial charge in [0.1, 0.15) is 0 Å². The highest BCUT2D eigenvalue weighted by molar-refractivity contribution is 5.98. The van der Waals surface area contributed by atoms with Crippen molar-refractivity contribution in [2.45, 2.75) is 65.0 Å². The molecule has 1 aromatic rings. The number of amides is 1. The highest BCUT2D eigenvalue weighted by Gasteiger charge is 2.65. The maximum atomic E-state index is 13.1. The van der Waals surface area contributed by atoms with Crippen LogP contribution in [0, 0.1) is 42.2 Å². The molecule has 1 N–H and O–H groups in total. The fourth-order valence-electron chi connectivity index (χ4n) is 5.92. The number of fused-ring (bicyclic) bond motifs is 2. The number of nitro groups is 1. The van der Waals surface area contributed by atoms with Gasteiger partial charge in [0.15, 0.2) is 0 Å². The molecular weight excluding hydrogens is 332 g/mol. The van der Waals surface area contributed by atoms with Gasteiger partial charge in [-0.1, -0.05) is 12.8 Å². The molecule has 3 aliphatic rings. The number of aryl methyl sites for hydroxylation is 2. The van der Waals surface area contributed by atoms with Gasteiger partial charge in [-0.05, 0) is 51.7 Å². The van der Waals surface area contributed by atoms with Gasteiger partial charge in [0.2, 0.25) is 0 Å². The number of hydrogen-bond donors (Lipinski definition) is 1. The second kappa shape index (κ2) is 6.05. The first-order valence-electron chi connectivity index (χ1n) is 9.54. The SMILES string of the molecule is Cc1cc(C)c([N+](=O)[O-])c(C)c1C(=O)NC1C2CCOC2C12CCCC2. The number of nitrogens with zero attached hydrogens (tertiary/aromatic N) is 1. The van der Waals surface area contributed by atoms with E-state index in [9.17, 15) is 14.9 Å². The molecule has 0 radical (unpaired) electrons. The van der Waals surface area contributed by atoms with E-state index in [1.54, 1.807) is 19.9 Å². The molecule has 3 atom stereocenters. The summed E-state index contributed by atoms with van der Waals surface area (Å²) in [6, 6.07) is 1.87. The van der Waals surface area contributed by atoms with E-state index in [0.717, 1.165) is 31.4 Å². The molecule has 1 aliphatic heterocycles. The molecule has 1 amide bonds. The lowest BCUT2D eigenvalue weighted by Crippen LogP contribution is -2.68. The summed E-state index contributed by atoms with van der Waals surface area (Å²) in [7, 11) is 0. The smallest absolute Gasteiger partial charge is 0.275 e. The zero-order chi connectivity index (χ0) is 18.6. The molecule has 6 heteroatoms. The number of benzene rings is 1. The molecule has 2 aliphatic carbocycles. The molecule has 6 nitrogen and oxygen atoms in total. The first kappa shape index (κ1) is 17.5. The van der Waals surface area contributed by atoms with Crippen LogP contribution in [0.25, 0.3) is 0 Å². The number of carbonyl (C=O) groups excluding carboxylic acids is 1. The third kappa shape index (κ3) is 2.31.